The molecular formula is C29H26BO-. The van der Waals surface area contributed by atoms with Gasteiger partial charge in [-0.15, -0.1) is 5.92 Å². The fraction of sp³-hybridized carbons (Fsp3) is 0.103. The summed E-state index contributed by atoms with van der Waals surface area (Å²) in [6, 6.07) is 42.0. The Morgan fingerprint density at radius 1 is 0.548 bits per heavy atom. The van der Waals surface area contributed by atoms with E-state index in [9.17, 15) is 0 Å². The average Bonchev–Trinajstić information content (AvgIpc) is 2.86. The highest BCUT2D eigenvalue weighted by molar-refractivity contribution is 7.16. The first-order chi connectivity index (χ1) is 15.4. The third-order valence-electron chi connectivity index (χ3n) is 5.68. The number of para-hydroxylation sites is 1. The van der Waals surface area contributed by atoms with Gasteiger partial charge in [0.1, 0.15) is 11.9 Å². The number of hydrogen-bond acceptors (Lipinski definition) is 1. The summed E-state index contributed by atoms with van der Waals surface area (Å²) < 4.78 is 5.83. The van der Waals surface area contributed by atoms with Crippen LogP contribution in [0.25, 0.3) is 0 Å². The summed E-state index contributed by atoms with van der Waals surface area (Å²) in [5, 5.41) is 0. The molecule has 4 rings (SSSR count). The minimum Gasteiger partial charge on any atom is -0.494 e. The van der Waals surface area contributed by atoms with Crippen LogP contribution in [0.15, 0.2) is 121 Å². The van der Waals surface area contributed by atoms with Crippen LogP contribution in [0.2, 0.25) is 0 Å². The molecule has 0 bridgehead atoms. The molecule has 152 valence electrons. The monoisotopic (exact) mass is 401 g/mol. The third kappa shape index (κ3) is 4.90. The normalized spacial score (nSPS) is 10.7. The first kappa shape index (κ1) is 20.6. The zero-order valence-corrected chi connectivity index (χ0v) is 17.7. The molecule has 0 aliphatic rings. The van der Waals surface area contributed by atoms with E-state index in [1.54, 1.807) is 0 Å². The lowest BCUT2D eigenvalue weighted by Crippen LogP contribution is -2.66. The number of ether oxygens (including phenoxy) is 1. The smallest absolute Gasteiger partial charge is 0.149 e. The first-order valence-corrected chi connectivity index (χ1v) is 10.9. The van der Waals surface area contributed by atoms with Crippen LogP contribution in [-0.4, -0.2) is 12.8 Å². The van der Waals surface area contributed by atoms with Crippen LogP contribution >= 0.6 is 0 Å². The van der Waals surface area contributed by atoms with Crippen molar-refractivity contribution in [3.63, 3.8) is 0 Å². The molecule has 4 aromatic rings. The lowest BCUT2D eigenvalue weighted by molar-refractivity contribution is 0.313. The Morgan fingerprint density at radius 2 is 0.968 bits per heavy atom. The summed E-state index contributed by atoms with van der Waals surface area (Å²) >= 11 is 0. The second kappa shape index (κ2) is 10.4. The summed E-state index contributed by atoms with van der Waals surface area (Å²) in [6.07, 6.45) is 0.307. The Morgan fingerprint density at radius 3 is 1.42 bits per heavy atom. The van der Waals surface area contributed by atoms with E-state index < -0.39 is 6.15 Å². The maximum atomic E-state index is 5.83. The molecule has 4 aromatic carbocycles. The highest BCUT2D eigenvalue weighted by atomic mass is 16.5. The Kier molecular flexibility index (Phi) is 6.88. The van der Waals surface area contributed by atoms with Gasteiger partial charge in [-0.2, -0.15) is 16.4 Å². The highest BCUT2D eigenvalue weighted by Gasteiger charge is 2.27. The van der Waals surface area contributed by atoms with Crippen LogP contribution in [0.4, 0.5) is 0 Å². The zero-order valence-electron chi connectivity index (χ0n) is 17.7. The first-order valence-electron chi connectivity index (χ1n) is 10.9. The molecule has 0 saturated carbocycles. The molecule has 0 radical (unpaired) electrons. The summed E-state index contributed by atoms with van der Waals surface area (Å²) in [7, 11) is 0. The van der Waals surface area contributed by atoms with Crippen molar-refractivity contribution in [2.45, 2.75) is 12.8 Å². The minimum absolute atomic E-state index is 0.667. The summed E-state index contributed by atoms with van der Waals surface area (Å²) in [4.78, 5) is 0. The Hall–Kier alpha value is -3.70. The zero-order chi connectivity index (χ0) is 21.2. The molecule has 0 aliphatic carbocycles. The van der Waals surface area contributed by atoms with Crippen LogP contribution < -0.4 is 21.1 Å². The van der Waals surface area contributed by atoms with Crippen molar-refractivity contribution in [3.05, 3.63) is 121 Å². The molecular weight excluding hydrogens is 375 g/mol. The van der Waals surface area contributed by atoms with Gasteiger partial charge in [-0.25, -0.2) is 0 Å². The lowest BCUT2D eigenvalue weighted by atomic mass is 9.16. The molecule has 0 atom stereocenters. The van der Waals surface area contributed by atoms with Crippen molar-refractivity contribution in [3.8, 4) is 17.5 Å². The molecule has 0 unspecified atom stereocenters. The standard InChI is InChI=1S/C29H26BO/c1-6-16-26(17-7-1)30(27-18-8-2-9-19-27,28-20-10-3-11-21-28)24-14-5-15-25-31-29-22-12-4-13-23-29/h1-4,6-13,16-23H,5,15,25H2/q-1. The lowest BCUT2D eigenvalue weighted by Gasteiger charge is -2.38. The van der Waals surface area contributed by atoms with E-state index in [-0.39, 0.29) is 0 Å². The van der Waals surface area contributed by atoms with Crippen LogP contribution in [0, 0.1) is 11.7 Å². The van der Waals surface area contributed by atoms with Gasteiger partial charge in [-0.3, -0.25) is 5.82 Å². The van der Waals surface area contributed by atoms with Gasteiger partial charge in [0.2, 0.25) is 0 Å². The topological polar surface area (TPSA) is 9.23 Å². The van der Waals surface area contributed by atoms with Crippen LogP contribution in [0.5, 0.6) is 5.75 Å². The molecule has 0 aliphatic heterocycles. The minimum atomic E-state index is -1.38. The van der Waals surface area contributed by atoms with Gasteiger partial charge in [-0.1, -0.05) is 109 Å². The van der Waals surface area contributed by atoms with Crippen molar-refractivity contribution < 1.29 is 4.74 Å². The quantitative estimate of drug-likeness (QED) is 0.251. The predicted octanol–water partition coefficient (Wildman–Crippen LogP) is 4.56. The summed E-state index contributed by atoms with van der Waals surface area (Å²) in [6.45, 7) is 0.667. The number of hydrogen-bond donors (Lipinski definition) is 0. The van der Waals surface area contributed by atoms with Gasteiger partial charge in [0, 0.05) is 6.42 Å². The van der Waals surface area contributed by atoms with E-state index in [2.05, 4.69) is 103 Å². The summed E-state index contributed by atoms with van der Waals surface area (Å²) in [5.41, 5.74) is 3.73. The van der Waals surface area contributed by atoms with Gasteiger partial charge >= 0.3 is 0 Å². The highest BCUT2D eigenvalue weighted by Crippen LogP contribution is 2.10. The van der Waals surface area contributed by atoms with Crippen LogP contribution in [0.1, 0.15) is 12.8 Å². The third-order valence-corrected chi connectivity index (χ3v) is 5.68. The molecule has 1 nitrogen and oxygen atoms in total. The average molecular weight is 401 g/mol. The van der Waals surface area contributed by atoms with Crippen molar-refractivity contribution in [1.82, 2.24) is 0 Å². The van der Waals surface area contributed by atoms with Gasteiger partial charge in [0.25, 0.3) is 0 Å². The summed E-state index contributed by atoms with van der Waals surface area (Å²) in [5.74, 6) is 8.15. The largest absolute Gasteiger partial charge is 0.494 e. The van der Waals surface area contributed by atoms with E-state index in [4.69, 9.17) is 4.74 Å². The predicted molar refractivity (Wildman–Crippen MR) is 133 cm³/mol. The number of unbranched alkanes of at least 4 members (excludes halogenated alkanes) is 1. The second-order valence-corrected chi connectivity index (χ2v) is 7.68. The fourth-order valence-electron chi connectivity index (χ4n) is 4.15. The van der Waals surface area contributed by atoms with Gasteiger partial charge in [0.15, 0.2) is 0 Å². The van der Waals surface area contributed by atoms with E-state index in [1.165, 1.54) is 16.4 Å². The van der Waals surface area contributed by atoms with Crippen molar-refractivity contribution in [1.29, 1.82) is 0 Å². The van der Waals surface area contributed by atoms with Crippen molar-refractivity contribution in [2.24, 2.45) is 0 Å². The van der Waals surface area contributed by atoms with Crippen molar-refractivity contribution >= 4 is 22.5 Å². The van der Waals surface area contributed by atoms with Crippen molar-refractivity contribution in [2.75, 3.05) is 6.61 Å². The molecule has 0 aromatic heterocycles. The molecule has 0 spiro atoms. The van der Waals surface area contributed by atoms with Crippen LogP contribution in [-0.2, 0) is 0 Å². The molecule has 0 N–H and O–H groups in total. The Balaban J connectivity index is 1.64. The SMILES string of the molecule is C(#C[B-](c1ccccc1)(c1ccccc1)c1ccccc1)CCCOc1ccccc1. The fourth-order valence-corrected chi connectivity index (χ4v) is 4.15. The molecule has 31 heavy (non-hydrogen) atoms. The molecule has 0 amide bonds. The van der Waals surface area contributed by atoms with E-state index in [1.807, 2.05) is 30.3 Å². The Labute approximate surface area is 185 Å². The van der Waals surface area contributed by atoms with Gasteiger partial charge in [-0.05, 0) is 18.6 Å². The van der Waals surface area contributed by atoms with E-state index in [0.29, 0.717) is 6.61 Å². The number of rotatable bonds is 7. The van der Waals surface area contributed by atoms with Gasteiger partial charge < -0.3 is 4.74 Å². The maximum absolute atomic E-state index is 5.83. The van der Waals surface area contributed by atoms with Crippen LogP contribution in [0.3, 0.4) is 0 Å². The maximum Gasteiger partial charge on any atom is 0.149 e. The molecule has 0 fully saturated rings. The van der Waals surface area contributed by atoms with E-state index >= 15 is 0 Å². The molecule has 0 saturated heterocycles. The number of benzene rings is 4. The second-order valence-electron chi connectivity index (χ2n) is 7.68. The van der Waals surface area contributed by atoms with Gasteiger partial charge in [0.05, 0.1) is 6.61 Å². The molecule has 2 heteroatoms. The van der Waals surface area contributed by atoms with E-state index in [0.717, 1.165) is 18.6 Å². The molecule has 0 heterocycles. The Bertz CT molecular complexity index is 1020.